The maximum Gasteiger partial charge on any atom is 0.243 e. The maximum absolute atomic E-state index is 13.7. The van der Waals surface area contributed by atoms with Gasteiger partial charge in [0.1, 0.15) is 10.7 Å². The summed E-state index contributed by atoms with van der Waals surface area (Å²) in [5.41, 5.74) is 7.39. The summed E-state index contributed by atoms with van der Waals surface area (Å²) >= 11 is 0. The molecule has 0 heterocycles. The van der Waals surface area contributed by atoms with Crippen molar-refractivity contribution in [3.63, 3.8) is 0 Å². The first-order valence-electron chi connectivity index (χ1n) is 6.46. The third kappa shape index (κ3) is 3.87. The molecule has 6 heteroatoms. The zero-order valence-electron chi connectivity index (χ0n) is 11.6. The molecule has 0 saturated heterocycles. The molecule has 0 aliphatic rings. The molecule has 4 nitrogen and oxygen atoms in total. The Morgan fingerprint density at radius 2 is 1.86 bits per heavy atom. The summed E-state index contributed by atoms with van der Waals surface area (Å²) < 4.78 is 40.3. The molecule has 112 valence electrons. The first kappa shape index (κ1) is 15.6. The van der Waals surface area contributed by atoms with E-state index in [1.165, 1.54) is 12.1 Å². The van der Waals surface area contributed by atoms with Crippen LogP contribution in [0.2, 0.25) is 0 Å². The number of benzene rings is 2. The quantitative estimate of drug-likeness (QED) is 0.888. The van der Waals surface area contributed by atoms with Crippen LogP contribution in [0, 0.1) is 12.7 Å². The molecule has 0 radical (unpaired) electrons. The van der Waals surface area contributed by atoms with Gasteiger partial charge in [-0.1, -0.05) is 36.4 Å². The highest BCUT2D eigenvalue weighted by molar-refractivity contribution is 7.89. The molecule has 0 bridgehead atoms. The molecular formula is C15H17FN2O2S. The first-order valence-corrected chi connectivity index (χ1v) is 7.95. The molecule has 21 heavy (non-hydrogen) atoms. The van der Waals surface area contributed by atoms with Crippen LogP contribution in [-0.4, -0.2) is 15.0 Å². The zero-order chi connectivity index (χ0) is 15.5. The minimum atomic E-state index is -3.92. The van der Waals surface area contributed by atoms with Gasteiger partial charge in [-0.25, -0.2) is 17.5 Å². The fourth-order valence-electron chi connectivity index (χ4n) is 1.92. The topological polar surface area (TPSA) is 72.2 Å². The van der Waals surface area contributed by atoms with Crippen molar-refractivity contribution in [1.82, 2.24) is 4.72 Å². The summed E-state index contributed by atoms with van der Waals surface area (Å²) in [6, 6.07) is 12.6. The van der Waals surface area contributed by atoms with Gasteiger partial charge in [0.15, 0.2) is 0 Å². The molecule has 0 spiro atoms. The fourth-order valence-corrected chi connectivity index (χ4v) is 3.04. The highest BCUT2D eigenvalue weighted by Crippen LogP contribution is 2.16. The standard InChI is InChI=1S/C15H17FN2O2S/c1-11-7-8-15(13(16)9-11)21(19,20)18-10-14(17)12-5-3-2-4-6-12/h2-9,14,18H,10,17H2,1H3/t14-/m0/s1. The van der Waals surface area contributed by atoms with Gasteiger partial charge < -0.3 is 5.73 Å². The van der Waals surface area contributed by atoms with Crippen molar-refractivity contribution in [1.29, 1.82) is 0 Å². The predicted molar refractivity (Wildman–Crippen MR) is 79.7 cm³/mol. The normalized spacial score (nSPS) is 13.1. The van der Waals surface area contributed by atoms with Gasteiger partial charge >= 0.3 is 0 Å². The zero-order valence-corrected chi connectivity index (χ0v) is 12.4. The van der Waals surface area contributed by atoms with Crippen LogP contribution < -0.4 is 10.5 Å². The lowest BCUT2D eigenvalue weighted by Gasteiger charge is -2.14. The highest BCUT2D eigenvalue weighted by Gasteiger charge is 2.20. The lowest BCUT2D eigenvalue weighted by atomic mass is 10.1. The molecule has 0 aliphatic carbocycles. The largest absolute Gasteiger partial charge is 0.323 e. The number of aryl methyl sites for hydroxylation is 1. The van der Waals surface area contributed by atoms with Crippen molar-refractivity contribution in [2.75, 3.05) is 6.54 Å². The van der Waals surface area contributed by atoms with Crippen LogP contribution in [0.15, 0.2) is 53.4 Å². The van der Waals surface area contributed by atoms with E-state index in [9.17, 15) is 12.8 Å². The van der Waals surface area contributed by atoms with Crippen LogP contribution in [0.4, 0.5) is 4.39 Å². The van der Waals surface area contributed by atoms with Crippen LogP contribution in [0.1, 0.15) is 17.2 Å². The summed E-state index contributed by atoms with van der Waals surface area (Å²) in [6.07, 6.45) is 0. The second-order valence-electron chi connectivity index (χ2n) is 4.80. The molecule has 0 saturated carbocycles. The van der Waals surface area contributed by atoms with Crippen molar-refractivity contribution in [3.05, 3.63) is 65.5 Å². The van der Waals surface area contributed by atoms with Crippen LogP contribution >= 0.6 is 0 Å². The van der Waals surface area contributed by atoms with E-state index in [1.54, 1.807) is 13.0 Å². The van der Waals surface area contributed by atoms with Crippen LogP contribution in [-0.2, 0) is 10.0 Å². The van der Waals surface area contributed by atoms with Gasteiger partial charge in [0.25, 0.3) is 0 Å². The minimum Gasteiger partial charge on any atom is -0.323 e. The number of hydrogen-bond acceptors (Lipinski definition) is 3. The van der Waals surface area contributed by atoms with Crippen LogP contribution in [0.3, 0.4) is 0 Å². The maximum atomic E-state index is 13.7. The summed E-state index contributed by atoms with van der Waals surface area (Å²) in [6.45, 7) is 1.69. The SMILES string of the molecule is Cc1ccc(S(=O)(=O)NC[C@H](N)c2ccccc2)c(F)c1. The Kier molecular flexibility index (Phi) is 4.72. The van der Waals surface area contributed by atoms with E-state index in [-0.39, 0.29) is 11.4 Å². The molecular weight excluding hydrogens is 291 g/mol. The van der Waals surface area contributed by atoms with Gasteiger partial charge in [0, 0.05) is 12.6 Å². The second kappa shape index (κ2) is 6.34. The van der Waals surface area contributed by atoms with E-state index in [2.05, 4.69) is 4.72 Å². The molecule has 2 rings (SSSR count). The number of rotatable bonds is 5. The van der Waals surface area contributed by atoms with E-state index < -0.39 is 21.9 Å². The highest BCUT2D eigenvalue weighted by atomic mass is 32.2. The Morgan fingerprint density at radius 1 is 1.19 bits per heavy atom. The number of halogens is 1. The molecule has 2 aromatic rings. The molecule has 2 aromatic carbocycles. The minimum absolute atomic E-state index is 0.000334. The Balaban J connectivity index is 2.11. The Hall–Kier alpha value is -1.76. The van der Waals surface area contributed by atoms with E-state index in [1.807, 2.05) is 30.3 Å². The van der Waals surface area contributed by atoms with E-state index in [0.717, 1.165) is 5.56 Å². The van der Waals surface area contributed by atoms with E-state index >= 15 is 0 Å². The number of hydrogen-bond donors (Lipinski definition) is 2. The number of nitrogens with one attached hydrogen (secondary N) is 1. The summed E-state index contributed by atoms with van der Waals surface area (Å²) in [5.74, 6) is -0.768. The van der Waals surface area contributed by atoms with Gasteiger partial charge in [-0.2, -0.15) is 0 Å². The van der Waals surface area contributed by atoms with E-state index in [0.29, 0.717) is 5.56 Å². The van der Waals surface area contributed by atoms with Gasteiger partial charge in [0.2, 0.25) is 10.0 Å². The molecule has 0 amide bonds. The summed E-state index contributed by atoms with van der Waals surface area (Å²) in [5, 5.41) is 0. The molecule has 0 aliphatic heterocycles. The van der Waals surface area contributed by atoms with Crippen LogP contribution in [0.25, 0.3) is 0 Å². The molecule has 3 N–H and O–H groups in total. The van der Waals surface area contributed by atoms with Gasteiger partial charge in [-0.05, 0) is 30.2 Å². The summed E-state index contributed by atoms with van der Waals surface area (Å²) in [7, 11) is -3.92. The molecule has 0 unspecified atom stereocenters. The average Bonchev–Trinajstić information content (AvgIpc) is 2.45. The van der Waals surface area contributed by atoms with Gasteiger partial charge in [-0.3, -0.25) is 0 Å². The summed E-state index contributed by atoms with van der Waals surface area (Å²) in [4.78, 5) is -0.367. The third-order valence-corrected chi connectivity index (χ3v) is 4.55. The average molecular weight is 308 g/mol. The first-order chi connectivity index (χ1) is 9.90. The lowest BCUT2D eigenvalue weighted by Crippen LogP contribution is -2.32. The second-order valence-corrected chi connectivity index (χ2v) is 6.54. The molecule has 0 fully saturated rings. The Labute approximate surface area is 123 Å². The van der Waals surface area contributed by atoms with Crippen molar-refractivity contribution < 1.29 is 12.8 Å². The Bertz CT molecular complexity index is 718. The van der Waals surface area contributed by atoms with E-state index in [4.69, 9.17) is 5.73 Å². The lowest BCUT2D eigenvalue weighted by molar-refractivity contribution is 0.551. The van der Waals surface area contributed by atoms with Gasteiger partial charge in [-0.15, -0.1) is 0 Å². The van der Waals surface area contributed by atoms with Crippen molar-refractivity contribution in [2.45, 2.75) is 17.9 Å². The van der Waals surface area contributed by atoms with Crippen molar-refractivity contribution in [3.8, 4) is 0 Å². The monoisotopic (exact) mass is 308 g/mol. The van der Waals surface area contributed by atoms with Gasteiger partial charge in [0.05, 0.1) is 0 Å². The predicted octanol–water partition coefficient (Wildman–Crippen LogP) is 2.11. The van der Waals surface area contributed by atoms with Crippen LogP contribution in [0.5, 0.6) is 0 Å². The Morgan fingerprint density at radius 3 is 2.48 bits per heavy atom. The molecule has 1 atom stereocenters. The fraction of sp³-hybridized carbons (Fsp3) is 0.200. The van der Waals surface area contributed by atoms with Crippen molar-refractivity contribution >= 4 is 10.0 Å². The smallest absolute Gasteiger partial charge is 0.243 e. The third-order valence-electron chi connectivity index (χ3n) is 3.10. The number of sulfonamides is 1. The number of nitrogens with two attached hydrogens (primary N) is 1. The molecule has 0 aromatic heterocycles. The van der Waals surface area contributed by atoms with Crippen molar-refractivity contribution in [2.24, 2.45) is 5.73 Å².